The van der Waals surface area contributed by atoms with Crippen molar-refractivity contribution in [3.8, 4) is 11.1 Å². The van der Waals surface area contributed by atoms with Crippen LogP contribution in [0.3, 0.4) is 0 Å². The van der Waals surface area contributed by atoms with E-state index in [1.54, 1.807) is 54.6 Å². The Morgan fingerprint density at radius 1 is 1.00 bits per heavy atom. The fraction of sp³-hybridized carbons (Fsp3) is 0.125. The molecular weight excluding hydrogens is 589 g/mol. The second-order valence-electron chi connectivity index (χ2n) is 8.44. The molecule has 39 heavy (non-hydrogen) atoms. The SMILES string of the molecule is NS(=O)(=O)NCc1nnc(C(c2nc3ccc(-c4ccc(Cl)c(F)c4)cc3s2)S(=O)(=O)Cc2ccccc2)o1. The van der Waals surface area contributed by atoms with Crippen molar-refractivity contribution in [2.45, 2.75) is 17.5 Å². The number of nitrogens with zero attached hydrogens (tertiary/aromatic N) is 3. The molecule has 0 bridgehead atoms. The number of hydrogen-bond donors (Lipinski definition) is 2. The van der Waals surface area contributed by atoms with E-state index in [1.165, 1.54) is 12.1 Å². The topological polar surface area (TPSA) is 158 Å². The summed E-state index contributed by atoms with van der Waals surface area (Å²) in [6.07, 6.45) is 0. The number of fused-ring (bicyclic) bond motifs is 1. The molecule has 0 saturated heterocycles. The lowest BCUT2D eigenvalue weighted by molar-refractivity contribution is 0.443. The molecule has 3 N–H and O–H groups in total. The molecule has 0 amide bonds. The zero-order valence-electron chi connectivity index (χ0n) is 19.8. The molecule has 1 atom stereocenters. The van der Waals surface area contributed by atoms with Gasteiger partial charge in [0.25, 0.3) is 10.2 Å². The van der Waals surface area contributed by atoms with E-state index < -0.39 is 37.7 Å². The van der Waals surface area contributed by atoms with Gasteiger partial charge in [0.15, 0.2) is 15.1 Å². The van der Waals surface area contributed by atoms with Crippen LogP contribution < -0.4 is 9.86 Å². The maximum atomic E-state index is 14.0. The number of sulfone groups is 1. The van der Waals surface area contributed by atoms with Crippen LogP contribution in [0.2, 0.25) is 5.02 Å². The van der Waals surface area contributed by atoms with Crippen molar-refractivity contribution >= 4 is 53.2 Å². The molecule has 202 valence electrons. The first kappa shape index (κ1) is 27.3. The van der Waals surface area contributed by atoms with Gasteiger partial charge < -0.3 is 4.42 Å². The Kier molecular flexibility index (Phi) is 7.50. The summed E-state index contributed by atoms with van der Waals surface area (Å²) in [5.41, 5.74) is 2.34. The molecule has 0 aliphatic heterocycles. The van der Waals surface area contributed by atoms with Crippen molar-refractivity contribution in [3.05, 3.63) is 99.9 Å². The van der Waals surface area contributed by atoms with Crippen molar-refractivity contribution in [1.29, 1.82) is 0 Å². The van der Waals surface area contributed by atoms with Gasteiger partial charge in [-0.3, -0.25) is 0 Å². The summed E-state index contributed by atoms with van der Waals surface area (Å²) >= 11 is 6.92. The third kappa shape index (κ3) is 6.32. The summed E-state index contributed by atoms with van der Waals surface area (Å²) in [5.74, 6) is -1.34. The van der Waals surface area contributed by atoms with Gasteiger partial charge in [-0.25, -0.2) is 22.9 Å². The lowest BCUT2D eigenvalue weighted by Gasteiger charge is -2.12. The summed E-state index contributed by atoms with van der Waals surface area (Å²) < 4.78 is 72.2. The highest BCUT2D eigenvalue weighted by atomic mass is 35.5. The molecule has 10 nitrogen and oxygen atoms in total. The molecule has 3 aromatic carbocycles. The van der Waals surface area contributed by atoms with E-state index in [0.717, 1.165) is 11.3 Å². The first-order valence-corrected chi connectivity index (χ1v) is 15.7. The van der Waals surface area contributed by atoms with Gasteiger partial charge in [0.05, 0.1) is 27.5 Å². The zero-order valence-corrected chi connectivity index (χ0v) is 23.0. The molecule has 0 radical (unpaired) electrons. The van der Waals surface area contributed by atoms with Crippen LogP contribution in [0.4, 0.5) is 4.39 Å². The summed E-state index contributed by atoms with van der Waals surface area (Å²) in [4.78, 5) is 4.54. The highest BCUT2D eigenvalue weighted by molar-refractivity contribution is 7.91. The van der Waals surface area contributed by atoms with E-state index in [4.69, 9.17) is 21.2 Å². The smallest absolute Gasteiger partial charge is 0.274 e. The van der Waals surface area contributed by atoms with E-state index in [9.17, 15) is 21.2 Å². The van der Waals surface area contributed by atoms with Gasteiger partial charge in [-0.15, -0.1) is 21.5 Å². The number of aromatic nitrogens is 3. The molecule has 5 rings (SSSR count). The number of nitrogens with one attached hydrogen (secondary N) is 1. The average Bonchev–Trinajstić information content (AvgIpc) is 3.51. The highest BCUT2D eigenvalue weighted by Crippen LogP contribution is 2.38. The van der Waals surface area contributed by atoms with Crippen molar-refractivity contribution in [1.82, 2.24) is 19.9 Å². The van der Waals surface area contributed by atoms with Crippen molar-refractivity contribution in [2.75, 3.05) is 0 Å². The number of halogens is 2. The number of hydrogen-bond acceptors (Lipinski definition) is 9. The Labute approximate surface area is 231 Å². The van der Waals surface area contributed by atoms with Gasteiger partial charge in [0, 0.05) is 0 Å². The van der Waals surface area contributed by atoms with Crippen molar-refractivity contribution in [3.63, 3.8) is 0 Å². The fourth-order valence-electron chi connectivity index (χ4n) is 3.82. The van der Waals surface area contributed by atoms with Crippen LogP contribution >= 0.6 is 22.9 Å². The maximum Gasteiger partial charge on any atom is 0.274 e. The summed E-state index contributed by atoms with van der Waals surface area (Å²) in [6.45, 7) is -0.419. The predicted octanol–water partition coefficient (Wildman–Crippen LogP) is 4.14. The molecule has 0 aliphatic rings. The zero-order chi connectivity index (χ0) is 27.8. The van der Waals surface area contributed by atoms with Crippen LogP contribution in [0.1, 0.15) is 27.6 Å². The highest BCUT2D eigenvalue weighted by Gasteiger charge is 2.37. The van der Waals surface area contributed by atoms with Gasteiger partial charge >= 0.3 is 0 Å². The number of benzene rings is 3. The van der Waals surface area contributed by atoms with Gasteiger partial charge in [0.1, 0.15) is 10.8 Å². The van der Waals surface area contributed by atoms with Gasteiger partial charge in [-0.2, -0.15) is 13.1 Å². The first-order valence-electron chi connectivity index (χ1n) is 11.2. The summed E-state index contributed by atoms with van der Waals surface area (Å²) in [7, 11) is -8.05. The Morgan fingerprint density at radius 2 is 1.72 bits per heavy atom. The minimum atomic E-state index is -4.04. The van der Waals surface area contributed by atoms with Crippen LogP contribution in [0, 0.1) is 5.82 Å². The van der Waals surface area contributed by atoms with Crippen LogP contribution in [0.5, 0.6) is 0 Å². The van der Waals surface area contributed by atoms with E-state index >= 15 is 0 Å². The second kappa shape index (κ2) is 10.7. The van der Waals surface area contributed by atoms with E-state index in [1.807, 2.05) is 4.72 Å². The minimum Gasteiger partial charge on any atom is -0.422 e. The molecule has 0 aliphatic carbocycles. The number of thiazole rings is 1. The van der Waals surface area contributed by atoms with E-state index in [-0.39, 0.29) is 27.6 Å². The monoisotopic (exact) mass is 607 g/mol. The maximum absolute atomic E-state index is 14.0. The molecule has 0 fully saturated rings. The van der Waals surface area contributed by atoms with Crippen LogP contribution in [0.15, 0.2) is 71.1 Å². The number of nitrogens with two attached hydrogens (primary N) is 1. The van der Waals surface area contributed by atoms with Crippen molar-refractivity contribution in [2.24, 2.45) is 5.14 Å². The third-order valence-electron chi connectivity index (χ3n) is 5.58. The van der Waals surface area contributed by atoms with Crippen molar-refractivity contribution < 1.29 is 25.6 Å². The molecule has 2 aromatic heterocycles. The fourth-order valence-corrected chi connectivity index (χ4v) is 7.41. The van der Waals surface area contributed by atoms with Gasteiger partial charge in [-0.1, -0.05) is 54.1 Å². The Hall–Kier alpha value is -3.27. The molecule has 2 heterocycles. The summed E-state index contributed by atoms with van der Waals surface area (Å²) in [6, 6.07) is 18.2. The third-order valence-corrected chi connectivity index (χ3v) is 9.55. The number of rotatable bonds is 9. The largest absolute Gasteiger partial charge is 0.422 e. The average molecular weight is 608 g/mol. The lowest BCUT2D eigenvalue weighted by Crippen LogP contribution is -2.30. The molecular formula is C24H19ClFN5O5S3. The molecule has 5 aromatic rings. The molecule has 0 spiro atoms. The second-order valence-corrected chi connectivity index (χ2v) is 13.4. The van der Waals surface area contributed by atoms with Crippen LogP contribution in [-0.2, 0) is 32.3 Å². The molecule has 1 unspecified atom stereocenters. The van der Waals surface area contributed by atoms with E-state index in [2.05, 4.69) is 15.2 Å². The standard InChI is InChI=1S/C24H19ClFN5O5S3/c25-17-8-6-15(10-18(17)26)16-7-9-19-20(11-16)37-24(29-19)22(38(32,33)13-14-4-2-1-3-5-14)23-31-30-21(36-23)12-28-39(27,34)35/h1-11,22,28H,12-13H2,(H2,27,34,35). The molecule has 0 saturated carbocycles. The van der Waals surface area contributed by atoms with Crippen LogP contribution in [0.25, 0.3) is 21.3 Å². The first-order chi connectivity index (χ1) is 18.5. The van der Waals surface area contributed by atoms with E-state index in [0.29, 0.717) is 26.9 Å². The Bertz CT molecular complexity index is 1880. The minimum absolute atomic E-state index is 0.00422. The Balaban J connectivity index is 1.56. The Morgan fingerprint density at radius 3 is 2.44 bits per heavy atom. The summed E-state index contributed by atoms with van der Waals surface area (Å²) in [5, 5.41) is 11.4. The molecule has 15 heteroatoms. The quantitative estimate of drug-likeness (QED) is 0.253. The normalized spacial score (nSPS) is 13.1. The van der Waals surface area contributed by atoms with Gasteiger partial charge in [-0.05, 0) is 41.0 Å². The van der Waals surface area contributed by atoms with Crippen LogP contribution in [-0.4, -0.2) is 32.0 Å². The predicted molar refractivity (Wildman–Crippen MR) is 145 cm³/mol. The van der Waals surface area contributed by atoms with Gasteiger partial charge in [0.2, 0.25) is 11.8 Å². The lowest BCUT2D eigenvalue weighted by atomic mass is 10.1.